The molecule has 23 heavy (non-hydrogen) atoms. The Morgan fingerprint density at radius 3 is 2.48 bits per heavy atom. The number of rotatable bonds is 3. The minimum absolute atomic E-state index is 0. The third-order valence-electron chi connectivity index (χ3n) is 4.86. The Kier molecular flexibility index (Phi) is 8.33. The van der Waals surface area contributed by atoms with Gasteiger partial charge in [-0.05, 0) is 43.1 Å². The molecule has 0 bridgehead atoms. The minimum atomic E-state index is -0.362. The molecule has 0 spiro atoms. The number of amides is 1. The van der Waals surface area contributed by atoms with Gasteiger partial charge in [-0.3, -0.25) is 9.89 Å². The topological polar surface area (TPSA) is 84.2 Å². The van der Waals surface area contributed by atoms with E-state index in [-0.39, 0.29) is 42.7 Å². The van der Waals surface area contributed by atoms with Gasteiger partial charge in [0.15, 0.2) is 0 Å². The Hall–Kier alpha value is -0.820. The van der Waals surface area contributed by atoms with Crippen molar-refractivity contribution in [3.8, 4) is 0 Å². The van der Waals surface area contributed by atoms with E-state index in [1.54, 1.807) is 0 Å². The van der Waals surface area contributed by atoms with Crippen LogP contribution in [0.3, 0.4) is 0 Å². The van der Waals surface area contributed by atoms with Crippen molar-refractivity contribution in [1.82, 2.24) is 15.1 Å². The molecule has 6 nitrogen and oxygen atoms in total. The highest BCUT2D eigenvalue weighted by molar-refractivity contribution is 5.85. The Morgan fingerprint density at radius 1 is 1.26 bits per heavy atom. The Labute approximate surface area is 149 Å². The van der Waals surface area contributed by atoms with Crippen LogP contribution in [-0.4, -0.2) is 53.3 Å². The summed E-state index contributed by atoms with van der Waals surface area (Å²) in [5, 5.41) is 6.86. The number of aromatic nitrogens is 2. The quantitative estimate of drug-likeness (QED) is 0.854. The molecular weight excluding hydrogens is 339 g/mol. The molecule has 3 heterocycles. The second-order valence-electron chi connectivity index (χ2n) is 6.11. The maximum Gasteiger partial charge on any atom is 0.239 e. The van der Waals surface area contributed by atoms with E-state index < -0.39 is 0 Å². The maximum atomic E-state index is 12.5. The number of hydrogen-bond donors (Lipinski definition) is 2. The fourth-order valence-corrected chi connectivity index (χ4v) is 3.40. The van der Waals surface area contributed by atoms with E-state index in [4.69, 9.17) is 10.5 Å². The summed E-state index contributed by atoms with van der Waals surface area (Å²) in [6, 6.07) is -0.362. The lowest BCUT2D eigenvalue weighted by Gasteiger charge is -2.35. The summed E-state index contributed by atoms with van der Waals surface area (Å²) in [7, 11) is 0. The van der Waals surface area contributed by atoms with Crippen molar-refractivity contribution in [1.29, 1.82) is 0 Å². The number of hydrogen-bond acceptors (Lipinski definition) is 4. The largest absolute Gasteiger partial charge is 0.381 e. The van der Waals surface area contributed by atoms with Gasteiger partial charge in [-0.25, -0.2) is 0 Å². The number of likely N-dealkylation sites (tertiary alicyclic amines) is 1. The van der Waals surface area contributed by atoms with E-state index in [2.05, 4.69) is 10.2 Å². The first-order valence-electron chi connectivity index (χ1n) is 7.86. The van der Waals surface area contributed by atoms with Crippen molar-refractivity contribution in [3.63, 3.8) is 0 Å². The molecule has 2 fully saturated rings. The number of piperidine rings is 1. The predicted molar refractivity (Wildman–Crippen MR) is 93.2 cm³/mol. The summed E-state index contributed by atoms with van der Waals surface area (Å²) < 4.78 is 5.34. The molecule has 1 unspecified atom stereocenters. The fourth-order valence-electron chi connectivity index (χ4n) is 3.40. The summed E-state index contributed by atoms with van der Waals surface area (Å²) in [4.78, 5) is 14.5. The third kappa shape index (κ3) is 4.83. The van der Waals surface area contributed by atoms with E-state index >= 15 is 0 Å². The number of nitrogens with one attached hydrogen (secondary N) is 1. The van der Waals surface area contributed by atoms with E-state index in [0.717, 1.165) is 52.0 Å². The lowest BCUT2D eigenvalue weighted by Crippen LogP contribution is -2.51. The molecule has 0 aromatic carbocycles. The van der Waals surface area contributed by atoms with Gasteiger partial charge in [0.05, 0.1) is 12.2 Å². The minimum Gasteiger partial charge on any atom is -0.381 e. The molecule has 0 aliphatic carbocycles. The number of H-pyrrole nitrogens is 1. The monoisotopic (exact) mass is 364 g/mol. The van der Waals surface area contributed by atoms with Crippen LogP contribution < -0.4 is 5.73 Å². The average molecular weight is 365 g/mol. The van der Waals surface area contributed by atoms with Crippen LogP contribution in [0.1, 0.15) is 37.2 Å². The van der Waals surface area contributed by atoms with Crippen LogP contribution in [-0.2, 0) is 9.53 Å². The SMILES string of the molecule is Cl.Cl.NC(C(=O)N1CCC(c2cn[nH]c2)CC1)C1CCOCC1. The summed E-state index contributed by atoms with van der Waals surface area (Å²) >= 11 is 0. The second-order valence-corrected chi connectivity index (χ2v) is 6.11. The molecule has 1 aromatic rings. The molecule has 1 amide bonds. The van der Waals surface area contributed by atoms with Crippen molar-refractivity contribution in [2.75, 3.05) is 26.3 Å². The van der Waals surface area contributed by atoms with Crippen molar-refractivity contribution >= 4 is 30.7 Å². The first-order chi connectivity index (χ1) is 10.3. The molecule has 3 N–H and O–H groups in total. The summed E-state index contributed by atoms with van der Waals surface area (Å²) in [6.07, 6.45) is 7.63. The highest BCUT2D eigenvalue weighted by Gasteiger charge is 2.32. The first-order valence-corrected chi connectivity index (χ1v) is 7.86. The second kappa shape index (κ2) is 9.47. The van der Waals surface area contributed by atoms with E-state index in [1.165, 1.54) is 5.56 Å². The van der Waals surface area contributed by atoms with Gasteiger partial charge in [0, 0.05) is 32.5 Å². The van der Waals surface area contributed by atoms with Crippen molar-refractivity contribution in [2.24, 2.45) is 11.7 Å². The zero-order valence-electron chi connectivity index (χ0n) is 13.1. The third-order valence-corrected chi connectivity index (χ3v) is 4.86. The van der Waals surface area contributed by atoms with E-state index in [1.807, 2.05) is 17.3 Å². The Morgan fingerprint density at radius 2 is 1.91 bits per heavy atom. The predicted octanol–water partition coefficient (Wildman–Crippen LogP) is 1.71. The van der Waals surface area contributed by atoms with Gasteiger partial charge in [-0.1, -0.05) is 0 Å². The maximum absolute atomic E-state index is 12.5. The fraction of sp³-hybridized carbons (Fsp3) is 0.733. The van der Waals surface area contributed by atoms with E-state index in [9.17, 15) is 4.79 Å². The standard InChI is InChI=1S/C15H24N4O2.2ClH/c16-14(12-3-7-21-8-4-12)15(20)19-5-1-11(2-6-19)13-9-17-18-10-13;;/h9-12,14H,1-8,16H2,(H,17,18);2*1H. The van der Waals surface area contributed by atoms with Gasteiger partial charge < -0.3 is 15.4 Å². The molecule has 1 aromatic heterocycles. The Bertz CT molecular complexity index is 458. The van der Waals surface area contributed by atoms with Crippen molar-refractivity contribution < 1.29 is 9.53 Å². The highest BCUT2D eigenvalue weighted by atomic mass is 35.5. The van der Waals surface area contributed by atoms with Crippen LogP contribution >= 0.6 is 24.8 Å². The van der Waals surface area contributed by atoms with Crippen LogP contribution in [0, 0.1) is 5.92 Å². The molecule has 2 saturated heterocycles. The molecule has 2 aliphatic heterocycles. The normalized spacial score (nSPS) is 21.2. The van der Waals surface area contributed by atoms with Crippen molar-refractivity contribution in [2.45, 2.75) is 37.6 Å². The lowest BCUT2D eigenvalue weighted by molar-refractivity contribution is -0.135. The zero-order chi connectivity index (χ0) is 14.7. The van der Waals surface area contributed by atoms with Crippen LogP contribution in [0.15, 0.2) is 12.4 Å². The van der Waals surface area contributed by atoms with Gasteiger partial charge in [-0.2, -0.15) is 5.10 Å². The highest BCUT2D eigenvalue weighted by Crippen LogP contribution is 2.28. The Balaban J connectivity index is 0.00000132. The molecule has 2 aliphatic rings. The number of nitrogens with zero attached hydrogens (tertiary/aromatic N) is 2. The number of halogens is 2. The molecule has 0 saturated carbocycles. The van der Waals surface area contributed by atoms with Gasteiger partial charge >= 0.3 is 0 Å². The number of ether oxygens (including phenoxy) is 1. The number of nitrogens with two attached hydrogens (primary N) is 1. The van der Waals surface area contributed by atoms with Crippen LogP contribution in [0.4, 0.5) is 0 Å². The number of carbonyl (C=O) groups excluding carboxylic acids is 1. The molecule has 1 atom stereocenters. The zero-order valence-corrected chi connectivity index (χ0v) is 14.8. The smallest absolute Gasteiger partial charge is 0.239 e. The molecule has 3 rings (SSSR count). The van der Waals surface area contributed by atoms with E-state index in [0.29, 0.717) is 5.92 Å². The van der Waals surface area contributed by atoms with Gasteiger partial charge in [0.1, 0.15) is 0 Å². The summed E-state index contributed by atoms with van der Waals surface area (Å²) in [6.45, 7) is 3.06. The summed E-state index contributed by atoms with van der Waals surface area (Å²) in [5.41, 5.74) is 7.44. The molecule has 8 heteroatoms. The van der Waals surface area contributed by atoms with Gasteiger partial charge in [-0.15, -0.1) is 24.8 Å². The van der Waals surface area contributed by atoms with Crippen LogP contribution in [0.2, 0.25) is 0 Å². The molecular formula is C15H26Cl2N4O2. The average Bonchev–Trinajstić information content (AvgIpc) is 3.09. The van der Waals surface area contributed by atoms with Gasteiger partial charge in [0.2, 0.25) is 5.91 Å². The molecule has 0 radical (unpaired) electrons. The summed E-state index contributed by atoms with van der Waals surface area (Å²) in [5.74, 6) is 0.900. The van der Waals surface area contributed by atoms with Crippen molar-refractivity contribution in [3.05, 3.63) is 18.0 Å². The molecule has 132 valence electrons. The lowest BCUT2D eigenvalue weighted by atomic mass is 9.88. The van der Waals surface area contributed by atoms with Crippen LogP contribution in [0.5, 0.6) is 0 Å². The number of carbonyl (C=O) groups is 1. The number of aromatic amines is 1. The van der Waals surface area contributed by atoms with Gasteiger partial charge in [0.25, 0.3) is 0 Å². The first kappa shape index (κ1) is 20.2. The van der Waals surface area contributed by atoms with Crippen LogP contribution in [0.25, 0.3) is 0 Å².